The van der Waals surface area contributed by atoms with Crippen molar-refractivity contribution in [2.75, 3.05) is 18.4 Å². The van der Waals surface area contributed by atoms with E-state index < -0.39 is 10.0 Å². The molecule has 3 rings (SSSR count). The SMILES string of the molecule is Cc1ccc(NC(=O)CCc2ccc(S(=O)(=O)N3CCCCC3)cc2)cc1Cl. The fourth-order valence-electron chi connectivity index (χ4n) is 3.23. The fourth-order valence-corrected chi connectivity index (χ4v) is 4.93. The van der Waals surface area contributed by atoms with Gasteiger partial charge in [0.2, 0.25) is 15.9 Å². The predicted molar refractivity (Wildman–Crippen MR) is 112 cm³/mol. The van der Waals surface area contributed by atoms with Crippen molar-refractivity contribution < 1.29 is 13.2 Å². The Hall–Kier alpha value is -1.89. The van der Waals surface area contributed by atoms with Gasteiger partial charge in [-0.15, -0.1) is 0 Å². The van der Waals surface area contributed by atoms with E-state index in [0.717, 1.165) is 30.4 Å². The molecule has 0 radical (unpaired) electrons. The minimum atomic E-state index is -3.42. The molecule has 1 aliphatic rings. The Morgan fingerprint density at radius 2 is 1.75 bits per heavy atom. The molecule has 7 heteroatoms. The third-order valence-electron chi connectivity index (χ3n) is 4.97. The topological polar surface area (TPSA) is 66.5 Å². The van der Waals surface area contributed by atoms with E-state index in [1.54, 1.807) is 34.6 Å². The number of aryl methyl sites for hydroxylation is 2. The number of carbonyl (C=O) groups excluding carboxylic acids is 1. The number of anilines is 1. The van der Waals surface area contributed by atoms with Gasteiger partial charge in [0.05, 0.1) is 4.90 Å². The van der Waals surface area contributed by atoms with E-state index in [9.17, 15) is 13.2 Å². The van der Waals surface area contributed by atoms with Crippen molar-refractivity contribution in [3.8, 4) is 0 Å². The van der Waals surface area contributed by atoms with Gasteiger partial charge < -0.3 is 5.32 Å². The first-order valence-corrected chi connectivity index (χ1v) is 11.3. The van der Waals surface area contributed by atoms with Crippen molar-refractivity contribution in [3.05, 3.63) is 58.6 Å². The summed E-state index contributed by atoms with van der Waals surface area (Å²) in [5, 5.41) is 3.45. The summed E-state index contributed by atoms with van der Waals surface area (Å²) in [5.74, 6) is -0.107. The minimum absolute atomic E-state index is 0.107. The number of piperidine rings is 1. The van der Waals surface area contributed by atoms with Crippen molar-refractivity contribution in [2.24, 2.45) is 0 Å². The smallest absolute Gasteiger partial charge is 0.243 e. The molecule has 2 aromatic rings. The summed E-state index contributed by atoms with van der Waals surface area (Å²) in [6.07, 6.45) is 3.76. The van der Waals surface area contributed by atoms with Gasteiger partial charge in [-0.05, 0) is 61.6 Å². The number of nitrogens with one attached hydrogen (secondary N) is 1. The molecule has 0 saturated carbocycles. The highest BCUT2D eigenvalue weighted by atomic mass is 35.5. The lowest BCUT2D eigenvalue weighted by Gasteiger charge is -2.25. The van der Waals surface area contributed by atoms with Crippen LogP contribution >= 0.6 is 11.6 Å². The molecule has 1 amide bonds. The molecule has 5 nitrogen and oxygen atoms in total. The van der Waals surface area contributed by atoms with Crippen molar-refractivity contribution >= 4 is 33.2 Å². The van der Waals surface area contributed by atoms with Gasteiger partial charge >= 0.3 is 0 Å². The van der Waals surface area contributed by atoms with Gasteiger partial charge in [-0.3, -0.25) is 4.79 Å². The zero-order valence-electron chi connectivity index (χ0n) is 15.9. The highest BCUT2D eigenvalue weighted by Crippen LogP contribution is 2.22. The lowest BCUT2D eigenvalue weighted by atomic mass is 10.1. The van der Waals surface area contributed by atoms with Crippen LogP contribution in [-0.4, -0.2) is 31.7 Å². The largest absolute Gasteiger partial charge is 0.326 e. The number of benzene rings is 2. The van der Waals surface area contributed by atoms with Crippen LogP contribution in [-0.2, 0) is 21.2 Å². The average molecular weight is 421 g/mol. The number of sulfonamides is 1. The van der Waals surface area contributed by atoms with Crippen molar-refractivity contribution in [1.29, 1.82) is 0 Å². The van der Waals surface area contributed by atoms with Gasteiger partial charge in [-0.25, -0.2) is 8.42 Å². The number of nitrogens with zero attached hydrogens (tertiary/aromatic N) is 1. The zero-order valence-corrected chi connectivity index (χ0v) is 17.5. The maximum absolute atomic E-state index is 12.7. The normalized spacial score (nSPS) is 15.4. The second-order valence-electron chi connectivity index (χ2n) is 7.12. The van der Waals surface area contributed by atoms with Crippen LogP contribution in [0.1, 0.15) is 36.8 Å². The lowest BCUT2D eigenvalue weighted by molar-refractivity contribution is -0.116. The molecule has 1 aliphatic heterocycles. The first-order valence-electron chi connectivity index (χ1n) is 9.51. The highest BCUT2D eigenvalue weighted by molar-refractivity contribution is 7.89. The molecule has 0 aliphatic carbocycles. The lowest BCUT2D eigenvalue weighted by Crippen LogP contribution is -2.35. The van der Waals surface area contributed by atoms with Crippen LogP contribution in [0.15, 0.2) is 47.4 Å². The molecule has 150 valence electrons. The molecule has 2 aromatic carbocycles. The Morgan fingerprint density at radius 3 is 2.39 bits per heavy atom. The number of halogens is 1. The molecule has 1 fully saturated rings. The molecule has 0 atom stereocenters. The second kappa shape index (κ2) is 9.07. The van der Waals surface area contributed by atoms with Crippen LogP contribution < -0.4 is 5.32 Å². The molecule has 0 bridgehead atoms. The van der Waals surface area contributed by atoms with Gasteiger partial charge in [0.1, 0.15) is 0 Å². The molecule has 0 spiro atoms. The monoisotopic (exact) mass is 420 g/mol. The van der Waals surface area contributed by atoms with E-state index in [-0.39, 0.29) is 5.91 Å². The molecule has 1 saturated heterocycles. The Balaban J connectivity index is 1.56. The quantitative estimate of drug-likeness (QED) is 0.753. The summed E-state index contributed by atoms with van der Waals surface area (Å²) in [5.41, 5.74) is 2.55. The third-order valence-corrected chi connectivity index (χ3v) is 7.29. The van der Waals surface area contributed by atoms with Crippen LogP contribution in [0.2, 0.25) is 5.02 Å². The second-order valence-corrected chi connectivity index (χ2v) is 9.47. The van der Waals surface area contributed by atoms with Crippen LogP contribution in [0.25, 0.3) is 0 Å². The van der Waals surface area contributed by atoms with Gasteiger partial charge in [-0.1, -0.05) is 36.2 Å². The highest BCUT2D eigenvalue weighted by Gasteiger charge is 2.25. The molecule has 1 heterocycles. The number of carbonyl (C=O) groups is 1. The van der Waals surface area contributed by atoms with E-state index in [4.69, 9.17) is 11.6 Å². The molecular weight excluding hydrogens is 396 g/mol. The number of hydrogen-bond acceptors (Lipinski definition) is 3. The Morgan fingerprint density at radius 1 is 1.07 bits per heavy atom. The van der Waals surface area contributed by atoms with Gasteiger partial charge in [0.15, 0.2) is 0 Å². The van der Waals surface area contributed by atoms with Crippen LogP contribution in [0.4, 0.5) is 5.69 Å². The summed E-state index contributed by atoms with van der Waals surface area (Å²) in [4.78, 5) is 12.5. The van der Waals surface area contributed by atoms with E-state index in [1.807, 2.05) is 19.1 Å². The van der Waals surface area contributed by atoms with E-state index in [2.05, 4.69) is 5.32 Å². The van der Waals surface area contributed by atoms with Crippen molar-refractivity contribution in [1.82, 2.24) is 4.31 Å². The number of rotatable bonds is 6. The Labute approximate surface area is 171 Å². The molecule has 0 aromatic heterocycles. The third kappa shape index (κ3) is 5.13. The van der Waals surface area contributed by atoms with Crippen molar-refractivity contribution in [2.45, 2.75) is 43.9 Å². The van der Waals surface area contributed by atoms with E-state index in [0.29, 0.717) is 41.5 Å². The van der Waals surface area contributed by atoms with Crippen LogP contribution in [0.3, 0.4) is 0 Å². The maximum Gasteiger partial charge on any atom is 0.243 e. The molecule has 0 unspecified atom stereocenters. The van der Waals surface area contributed by atoms with E-state index >= 15 is 0 Å². The summed E-state index contributed by atoms with van der Waals surface area (Å²) < 4.78 is 26.9. The molecular formula is C21H25ClN2O3S. The fraction of sp³-hybridized carbons (Fsp3) is 0.381. The Bertz CT molecular complexity index is 937. The Kier molecular flexibility index (Phi) is 6.75. The van der Waals surface area contributed by atoms with Crippen molar-refractivity contribution in [3.63, 3.8) is 0 Å². The van der Waals surface area contributed by atoms with E-state index in [1.165, 1.54) is 0 Å². The van der Waals surface area contributed by atoms with Gasteiger partial charge in [0, 0.05) is 30.2 Å². The number of hydrogen-bond donors (Lipinski definition) is 1. The zero-order chi connectivity index (χ0) is 20.1. The average Bonchev–Trinajstić information content (AvgIpc) is 2.70. The first kappa shape index (κ1) is 20.8. The molecule has 28 heavy (non-hydrogen) atoms. The summed E-state index contributed by atoms with van der Waals surface area (Å²) in [6, 6.07) is 12.3. The predicted octanol–water partition coefficient (Wildman–Crippen LogP) is 4.39. The van der Waals surface area contributed by atoms with Gasteiger partial charge in [-0.2, -0.15) is 4.31 Å². The van der Waals surface area contributed by atoms with Gasteiger partial charge in [0.25, 0.3) is 0 Å². The molecule has 1 N–H and O–H groups in total. The minimum Gasteiger partial charge on any atom is -0.326 e. The number of amides is 1. The standard InChI is InChI=1S/C21H25ClN2O3S/c1-16-5-9-18(15-20(16)22)23-21(25)12-8-17-6-10-19(11-7-17)28(26,27)24-13-3-2-4-14-24/h5-7,9-11,15H,2-4,8,12-14H2,1H3,(H,23,25). The summed E-state index contributed by atoms with van der Waals surface area (Å²) in [6.45, 7) is 3.09. The maximum atomic E-state index is 12.7. The first-order chi connectivity index (χ1) is 13.4. The summed E-state index contributed by atoms with van der Waals surface area (Å²) >= 11 is 6.07. The van der Waals surface area contributed by atoms with Crippen LogP contribution in [0.5, 0.6) is 0 Å². The van der Waals surface area contributed by atoms with Crippen LogP contribution in [0, 0.1) is 6.92 Å². The summed E-state index contributed by atoms with van der Waals surface area (Å²) in [7, 11) is -3.42.